The van der Waals surface area contributed by atoms with Gasteiger partial charge in [0.1, 0.15) is 30.2 Å². The molecule has 1 aromatic carbocycles. The van der Waals surface area contributed by atoms with Gasteiger partial charge in [-0.15, -0.1) is 10.1 Å². The molecule has 688 valence electrons. The number of hydrogen-bond donors (Lipinski definition) is 1. The highest BCUT2D eigenvalue weighted by Gasteiger charge is 2.57. The molecule has 0 aliphatic carbocycles. The molecule has 1 aromatic rings. The molecule has 0 spiro atoms. The maximum atomic E-state index is 15.0. The number of piperidine rings is 6. The average molecular weight is 1670 g/mol. The summed E-state index contributed by atoms with van der Waals surface area (Å²) < 4.78 is 25.0. The molecule has 6 heterocycles. The van der Waals surface area contributed by atoms with Crippen molar-refractivity contribution in [3.63, 3.8) is 0 Å². The molecule has 0 radical (unpaired) electrons. The van der Waals surface area contributed by atoms with Gasteiger partial charge in [-0.25, -0.2) is 0 Å². The van der Waals surface area contributed by atoms with E-state index in [0.717, 1.165) is 164 Å². The standard InChI is InChI=1S/C42H72N2O5.C30H56N2O4.C28H52N2O4/c1-18-19-22-42(34(46)48-31-20-23-38(8,9)43(16)40(31,12)13,35(47)49-32-21-24-39(10,11)44(17)41(32,14)15)27-28-25-29(36(2,3)4)33(45)30(26-28)37(5,6)7;1-27(2)21-19-23(29(5,6)31(27)9)35-25(33)17-15-13-11-12-14-16-18-26(34)36-24-20-22-28(3,4)32(10)30(24,7)8;1-25(2)19-15-20-26(3,4)29(25)33-23(31)17-13-11-9-10-12-14-18-24(32)34-30-27(5,6)21-16-22-28(30,7)8/h25-26,31-32,45H,18-24,27H2,1-17H3;23-24H,11-22H2,1-10H3;9-22H2,1-8H3. The Balaban J connectivity index is 0.000000325. The first-order chi connectivity index (χ1) is 54.2. The molecule has 0 bridgehead atoms. The van der Waals surface area contributed by atoms with Crippen LogP contribution in [0.15, 0.2) is 12.1 Å². The molecule has 6 aliphatic rings. The summed E-state index contributed by atoms with van der Waals surface area (Å²) in [6.45, 7) is 67.0. The first kappa shape index (κ1) is 105. The number of unbranched alkanes of at least 4 members (excludes halogenated alkanes) is 11. The van der Waals surface area contributed by atoms with Crippen LogP contribution in [0.3, 0.4) is 0 Å². The highest BCUT2D eigenvalue weighted by molar-refractivity contribution is 6.00. The topological polar surface area (TPSA) is 197 Å². The van der Waals surface area contributed by atoms with Gasteiger partial charge in [-0.05, 0) is 350 Å². The number of carbonyl (C=O) groups excluding carboxylic acids is 6. The third-order valence-electron chi connectivity index (χ3n) is 30.2. The minimum absolute atomic E-state index is 0.0459. The van der Waals surface area contributed by atoms with Crippen LogP contribution in [-0.4, -0.2) is 190 Å². The molecular formula is C100H180N6O13. The Hall–Kier alpha value is -4.40. The van der Waals surface area contributed by atoms with Crippen LogP contribution in [0.2, 0.25) is 0 Å². The lowest BCUT2D eigenvalue weighted by molar-refractivity contribution is -0.265. The number of hydroxylamine groups is 4. The Morgan fingerprint density at radius 2 is 0.597 bits per heavy atom. The second-order valence-corrected chi connectivity index (χ2v) is 46.6. The van der Waals surface area contributed by atoms with Crippen molar-refractivity contribution in [3.05, 3.63) is 28.8 Å². The van der Waals surface area contributed by atoms with Crippen LogP contribution < -0.4 is 0 Å². The predicted octanol–water partition coefficient (Wildman–Crippen LogP) is 22.7. The van der Waals surface area contributed by atoms with Gasteiger partial charge in [0.15, 0.2) is 5.41 Å². The van der Waals surface area contributed by atoms with E-state index in [9.17, 15) is 24.3 Å². The van der Waals surface area contributed by atoms with Gasteiger partial charge in [-0.3, -0.25) is 48.4 Å². The molecule has 4 unspecified atom stereocenters. The van der Waals surface area contributed by atoms with Crippen molar-refractivity contribution in [1.29, 1.82) is 0 Å². The van der Waals surface area contributed by atoms with E-state index >= 15 is 9.59 Å². The summed E-state index contributed by atoms with van der Waals surface area (Å²) in [5.41, 5.74) is -1.31. The molecular weight excluding hydrogens is 1490 g/mol. The Kier molecular flexibility index (Phi) is 36.2. The van der Waals surface area contributed by atoms with Crippen molar-refractivity contribution in [2.24, 2.45) is 5.41 Å². The smallest absolute Gasteiger partial charge is 0.325 e. The largest absolute Gasteiger partial charge is 0.507 e. The number of esters is 4. The lowest BCUT2D eigenvalue weighted by atomic mass is 9.73. The fraction of sp³-hybridized carbons (Fsp3) is 0.880. The zero-order valence-corrected chi connectivity index (χ0v) is 83.0. The van der Waals surface area contributed by atoms with Crippen LogP contribution in [0.1, 0.15) is 443 Å². The predicted molar refractivity (Wildman–Crippen MR) is 485 cm³/mol. The van der Waals surface area contributed by atoms with Gasteiger partial charge >= 0.3 is 35.8 Å². The normalized spacial score (nSPS) is 25.5. The van der Waals surface area contributed by atoms with Crippen molar-refractivity contribution < 1.29 is 62.5 Å². The van der Waals surface area contributed by atoms with Crippen molar-refractivity contribution in [2.45, 2.75) is 535 Å². The highest BCUT2D eigenvalue weighted by Crippen LogP contribution is 2.49. The third kappa shape index (κ3) is 27.3. The molecule has 6 fully saturated rings. The number of benzene rings is 1. The van der Waals surface area contributed by atoms with Gasteiger partial charge in [0, 0.05) is 47.8 Å². The maximum absolute atomic E-state index is 15.0. The zero-order valence-electron chi connectivity index (χ0n) is 83.0. The number of hydrogen-bond acceptors (Lipinski definition) is 19. The van der Waals surface area contributed by atoms with Crippen LogP contribution in [0.25, 0.3) is 0 Å². The quantitative estimate of drug-likeness (QED) is 0.0318. The number of aromatic hydroxyl groups is 1. The number of rotatable bonds is 31. The molecule has 119 heavy (non-hydrogen) atoms. The van der Waals surface area contributed by atoms with Gasteiger partial charge in [-0.1, -0.05) is 125 Å². The summed E-state index contributed by atoms with van der Waals surface area (Å²) in [5, 5.41) is 15.4. The van der Waals surface area contributed by atoms with E-state index in [-0.39, 0.29) is 127 Å². The molecule has 19 nitrogen and oxygen atoms in total. The molecule has 19 heteroatoms. The summed E-state index contributed by atoms with van der Waals surface area (Å²) in [5.74, 6) is -1.09. The molecule has 0 aromatic heterocycles. The lowest BCUT2D eigenvalue weighted by Gasteiger charge is -2.55. The van der Waals surface area contributed by atoms with Crippen LogP contribution in [-0.2, 0) is 74.6 Å². The molecule has 7 rings (SSSR count). The summed E-state index contributed by atoms with van der Waals surface area (Å²) in [7, 11) is 8.46. The van der Waals surface area contributed by atoms with E-state index in [2.05, 4.69) is 262 Å². The molecule has 0 amide bonds. The molecule has 0 saturated carbocycles. The fourth-order valence-electron chi connectivity index (χ4n) is 20.3. The Bertz CT molecular complexity index is 3230. The van der Waals surface area contributed by atoms with Gasteiger partial charge < -0.3 is 33.7 Å². The maximum Gasteiger partial charge on any atom is 0.325 e. The van der Waals surface area contributed by atoms with Crippen LogP contribution in [0, 0.1) is 5.41 Å². The molecule has 6 aliphatic heterocycles. The number of nitrogens with zero attached hydrogens (tertiary/aromatic N) is 6. The number of ether oxygens (including phenoxy) is 4. The Morgan fingerprint density at radius 3 is 0.849 bits per heavy atom. The van der Waals surface area contributed by atoms with E-state index in [1.165, 1.54) is 12.8 Å². The Morgan fingerprint density at radius 1 is 0.353 bits per heavy atom. The summed E-state index contributed by atoms with van der Waals surface area (Å²) in [6.07, 6.45) is 28.5. The van der Waals surface area contributed by atoms with E-state index < -0.39 is 28.4 Å². The van der Waals surface area contributed by atoms with Crippen LogP contribution >= 0.6 is 0 Å². The molecule has 4 atom stereocenters. The second-order valence-electron chi connectivity index (χ2n) is 46.6. The number of carbonyl (C=O) groups is 6. The highest BCUT2D eigenvalue weighted by atomic mass is 16.7. The first-order valence-electron chi connectivity index (χ1n) is 46.9. The van der Waals surface area contributed by atoms with Crippen molar-refractivity contribution in [1.82, 2.24) is 29.7 Å². The lowest BCUT2D eigenvalue weighted by Crippen LogP contribution is -2.65. The number of likely N-dealkylation sites (tertiary alicyclic amines) is 4. The third-order valence-corrected chi connectivity index (χ3v) is 30.2. The van der Waals surface area contributed by atoms with Crippen molar-refractivity contribution >= 4 is 35.8 Å². The zero-order chi connectivity index (χ0) is 90.7. The van der Waals surface area contributed by atoms with E-state index in [1.54, 1.807) is 0 Å². The first-order valence-corrected chi connectivity index (χ1v) is 46.9. The summed E-state index contributed by atoms with van der Waals surface area (Å²) in [4.78, 5) is 101. The van der Waals surface area contributed by atoms with Crippen molar-refractivity contribution in [2.75, 3.05) is 28.2 Å². The van der Waals surface area contributed by atoms with Crippen LogP contribution in [0.4, 0.5) is 0 Å². The molecule has 6 saturated heterocycles. The minimum Gasteiger partial charge on any atom is -0.507 e. The average Bonchev–Trinajstić information content (AvgIpc) is 0.742. The van der Waals surface area contributed by atoms with Crippen LogP contribution in [0.5, 0.6) is 5.75 Å². The number of phenols is 1. The second kappa shape index (κ2) is 40.9. The van der Waals surface area contributed by atoms with Gasteiger partial charge in [0.25, 0.3) is 0 Å². The van der Waals surface area contributed by atoms with Gasteiger partial charge in [0.2, 0.25) is 0 Å². The minimum atomic E-state index is -1.56. The van der Waals surface area contributed by atoms with Crippen molar-refractivity contribution in [3.8, 4) is 5.75 Å². The van der Waals surface area contributed by atoms with E-state index in [4.69, 9.17) is 28.6 Å². The summed E-state index contributed by atoms with van der Waals surface area (Å²) >= 11 is 0. The monoisotopic (exact) mass is 1670 g/mol. The number of phenolic OH excluding ortho intramolecular Hbond substituents is 1. The van der Waals surface area contributed by atoms with E-state index in [1.807, 2.05) is 22.3 Å². The number of likely N-dealkylation sites (N-methyl/N-ethyl adjacent to an activating group) is 4. The summed E-state index contributed by atoms with van der Waals surface area (Å²) in [6, 6.07) is 3.99. The van der Waals surface area contributed by atoms with Gasteiger partial charge in [-0.2, -0.15) is 0 Å². The SMILES string of the molecule is CC1(C)CCCC(C)(C)N1OC(=O)CCCCCCCCC(=O)ON1C(C)(C)CCCC1(C)C.CCCCC(Cc1cc(C(C)(C)C)c(O)c(C(C)(C)C)c1)(C(=O)OC1CCC(C)(C)N(C)C1(C)C)C(=O)OC1CCC(C)(C)N(C)C1(C)C.CN1C(C)(C)CCC(OC(=O)CCCCCCCCC(=O)OC2CCC(C)(C)N(C)C2(C)C)C1(C)C. The fourth-order valence-corrected chi connectivity index (χ4v) is 20.3. The van der Waals surface area contributed by atoms with E-state index in [0.29, 0.717) is 51.4 Å². The molecule has 1 N–H and O–H groups in total. The Labute approximate surface area is 727 Å². The van der Waals surface area contributed by atoms with Gasteiger partial charge in [0.05, 0.1) is 44.3 Å².